The van der Waals surface area contributed by atoms with Gasteiger partial charge in [0.25, 0.3) is 16.1 Å². The van der Waals surface area contributed by atoms with Crippen LogP contribution in [0.3, 0.4) is 0 Å². The highest BCUT2D eigenvalue weighted by Crippen LogP contribution is 2.22. The number of isocyanates is 1. The summed E-state index contributed by atoms with van der Waals surface area (Å²) in [7, 11) is -3.67. The number of carbonyl (C=O) groups excluding carboxylic acids is 1. The molecule has 0 aromatic heterocycles. The van der Waals surface area contributed by atoms with Crippen LogP contribution in [0.2, 0.25) is 0 Å². The molecule has 5 heteroatoms. The number of hydrogen-bond acceptors (Lipinski definition) is 3. The zero-order chi connectivity index (χ0) is 9.03. The molecular weight excluding hydrogens is 178 g/mol. The fourth-order valence-electron chi connectivity index (χ4n) is 1.15. The van der Waals surface area contributed by atoms with Crippen LogP contribution in [0, 0.1) is 0 Å². The van der Waals surface area contributed by atoms with Gasteiger partial charge in [-0.1, -0.05) is 10.5 Å². The second-order valence-corrected chi connectivity index (χ2v) is 4.23. The monoisotopic (exact) mass is 187 g/mol. The van der Waals surface area contributed by atoms with Crippen molar-refractivity contribution in [2.75, 3.05) is 0 Å². The van der Waals surface area contributed by atoms with Crippen molar-refractivity contribution in [3.63, 3.8) is 0 Å². The Morgan fingerprint density at radius 3 is 2.67 bits per heavy atom. The van der Waals surface area contributed by atoms with Gasteiger partial charge in [0.1, 0.15) is 0 Å². The van der Waals surface area contributed by atoms with E-state index >= 15 is 0 Å². The smallest absolute Gasteiger partial charge is 0.210 e. The van der Waals surface area contributed by atoms with Gasteiger partial charge in [-0.15, -0.1) is 0 Å². The predicted molar refractivity (Wildman–Crippen MR) is 43.6 cm³/mol. The Labute approximate surface area is 71.1 Å². The van der Waals surface area contributed by atoms with Crippen LogP contribution >= 0.6 is 0 Å². The van der Waals surface area contributed by atoms with Crippen LogP contribution in [0.25, 0.3) is 0 Å². The zero-order valence-corrected chi connectivity index (χ0v) is 7.30. The first-order valence-corrected chi connectivity index (χ1v) is 5.14. The molecule has 0 saturated carbocycles. The first-order chi connectivity index (χ1) is 5.67. The molecule has 1 rings (SSSR count). The SMILES string of the molecule is O=C=NS(=O)(=O)C1=CCCCC1. The van der Waals surface area contributed by atoms with Crippen molar-refractivity contribution in [2.45, 2.75) is 25.7 Å². The third kappa shape index (κ3) is 2.03. The van der Waals surface area contributed by atoms with Gasteiger partial charge in [0.15, 0.2) is 0 Å². The van der Waals surface area contributed by atoms with Crippen molar-refractivity contribution in [1.29, 1.82) is 0 Å². The van der Waals surface area contributed by atoms with Gasteiger partial charge in [0.05, 0.1) is 4.91 Å². The fourth-order valence-corrected chi connectivity index (χ4v) is 2.10. The van der Waals surface area contributed by atoms with Crippen molar-refractivity contribution in [1.82, 2.24) is 0 Å². The van der Waals surface area contributed by atoms with E-state index in [1.54, 1.807) is 6.08 Å². The van der Waals surface area contributed by atoms with Crippen molar-refractivity contribution in [3.05, 3.63) is 11.0 Å². The largest absolute Gasteiger partial charge is 0.288 e. The highest BCUT2D eigenvalue weighted by atomic mass is 32.2. The maximum absolute atomic E-state index is 11.1. The third-order valence-electron chi connectivity index (χ3n) is 1.74. The van der Waals surface area contributed by atoms with Gasteiger partial charge in [-0.25, -0.2) is 4.79 Å². The van der Waals surface area contributed by atoms with Crippen molar-refractivity contribution in [2.24, 2.45) is 4.40 Å². The van der Waals surface area contributed by atoms with E-state index < -0.39 is 10.0 Å². The summed E-state index contributed by atoms with van der Waals surface area (Å²) in [6, 6.07) is 0. The average molecular weight is 187 g/mol. The molecule has 12 heavy (non-hydrogen) atoms. The molecular formula is C7H9NO3S. The van der Waals surface area contributed by atoms with Gasteiger partial charge in [0.2, 0.25) is 0 Å². The van der Waals surface area contributed by atoms with E-state index in [2.05, 4.69) is 4.40 Å². The lowest BCUT2D eigenvalue weighted by atomic mass is 10.1. The molecule has 0 aromatic carbocycles. The normalized spacial score (nSPS) is 17.8. The van der Waals surface area contributed by atoms with Crippen LogP contribution in [0.15, 0.2) is 15.4 Å². The molecule has 0 spiro atoms. The Balaban J connectivity index is 2.95. The molecule has 66 valence electrons. The second kappa shape index (κ2) is 3.65. The van der Waals surface area contributed by atoms with Crippen LogP contribution in [-0.2, 0) is 14.8 Å². The summed E-state index contributed by atoms with van der Waals surface area (Å²) >= 11 is 0. The average Bonchev–Trinajstić information content (AvgIpc) is 2.06. The third-order valence-corrected chi connectivity index (χ3v) is 3.09. The van der Waals surface area contributed by atoms with Gasteiger partial charge >= 0.3 is 0 Å². The topological polar surface area (TPSA) is 63.6 Å². The summed E-state index contributed by atoms with van der Waals surface area (Å²) in [4.78, 5) is 10.0. The lowest BCUT2D eigenvalue weighted by molar-refractivity contribution is 0.563. The van der Waals surface area contributed by atoms with Crippen LogP contribution in [0.5, 0.6) is 0 Å². The molecule has 1 aliphatic rings. The summed E-state index contributed by atoms with van der Waals surface area (Å²) in [6.45, 7) is 0. The quantitative estimate of drug-likeness (QED) is 0.480. The first-order valence-electron chi connectivity index (χ1n) is 3.70. The highest BCUT2D eigenvalue weighted by molar-refractivity contribution is 7.94. The van der Waals surface area contributed by atoms with E-state index in [-0.39, 0.29) is 4.91 Å². The summed E-state index contributed by atoms with van der Waals surface area (Å²) in [5.74, 6) is 0. The second-order valence-electron chi connectivity index (χ2n) is 2.57. The van der Waals surface area contributed by atoms with E-state index in [1.165, 1.54) is 0 Å². The summed E-state index contributed by atoms with van der Waals surface area (Å²) < 4.78 is 25.0. The van der Waals surface area contributed by atoms with Crippen LogP contribution in [-0.4, -0.2) is 14.5 Å². The molecule has 0 bridgehead atoms. The Hall–Kier alpha value is -0.930. The lowest BCUT2D eigenvalue weighted by Gasteiger charge is -2.08. The van der Waals surface area contributed by atoms with Gasteiger partial charge < -0.3 is 0 Å². The minimum Gasteiger partial charge on any atom is -0.210 e. The van der Waals surface area contributed by atoms with E-state index in [0.717, 1.165) is 25.3 Å². The van der Waals surface area contributed by atoms with E-state index in [9.17, 15) is 13.2 Å². The van der Waals surface area contributed by atoms with Gasteiger partial charge in [-0.3, -0.25) is 0 Å². The van der Waals surface area contributed by atoms with Crippen LogP contribution in [0.4, 0.5) is 0 Å². The van der Waals surface area contributed by atoms with E-state index in [0.29, 0.717) is 6.42 Å². The molecule has 0 aromatic rings. The Bertz CT molecular complexity index is 336. The molecule has 1 aliphatic carbocycles. The minimum absolute atomic E-state index is 0.261. The fraction of sp³-hybridized carbons (Fsp3) is 0.571. The standard InChI is InChI=1S/C7H9NO3S/c9-6-8-12(10,11)7-4-2-1-3-5-7/h4H,1-3,5H2. The molecule has 0 unspecified atom stereocenters. The van der Waals surface area contributed by atoms with E-state index in [1.807, 2.05) is 0 Å². The molecule has 0 saturated heterocycles. The highest BCUT2D eigenvalue weighted by Gasteiger charge is 2.17. The lowest BCUT2D eigenvalue weighted by Crippen LogP contribution is -2.03. The molecule has 4 nitrogen and oxygen atoms in total. The van der Waals surface area contributed by atoms with Crippen LogP contribution < -0.4 is 0 Å². The maximum Gasteiger partial charge on any atom is 0.288 e. The first kappa shape index (κ1) is 9.16. The molecule has 0 aliphatic heterocycles. The number of nitrogens with zero attached hydrogens (tertiary/aromatic N) is 1. The summed E-state index contributed by atoms with van der Waals surface area (Å²) in [5, 5.41) is 0. The Morgan fingerprint density at radius 1 is 1.42 bits per heavy atom. The van der Waals surface area contributed by atoms with E-state index in [4.69, 9.17) is 0 Å². The van der Waals surface area contributed by atoms with Crippen LogP contribution in [0.1, 0.15) is 25.7 Å². The maximum atomic E-state index is 11.1. The molecule has 0 N–H and O–H groups in total. The van der Waals surface area contributed by atoms with Crippen molar-refractivity contribution in [3.8, 4) is 0 Å². The van der Waals surface area contributed by atoms with Crippen molar-refractivity contribution >= 4 is 16.1 Å². The minimum atomic E-state index is -3.67. The number of sulfonamides is 1. The van der Waals surface area contributed by atoms with Gasteiger partial charge in [-0.2, -0.15) is 8.42 Å². The molecule has 0 amide bonds. The van der Waals surface area contributed by atoms with Crippen molar-refractivity contribution < 1.29 is 13.2 Å². The number of rotatable bonds is 2. The summed E-state index contributed by atoms with van der Waals surface area (Å²) in [5.41, 5.74) is 0. The number of hydrogen-bond donors (Lipinski definition) is 0. The molecule has 0 heterocycles. The Kier molecular flexibility index (Phi) is 2.78. The molecule has 0 fully saturated rings. The Morgan fingerprint density at radius 2 is 2.17 bits per heavy atom. The van der Waals surface area contributed by atoms with Gasteiger partial charge in [0, 0.05) is 0 Å². The zero-order valence-electron chi connectivity index (χ0n) is 6.49. The summed E-state index contributed by atoms with van der Waals surface area (Å²) in [6.07, 6.45) is 5.77. The predicted octanol–water partition coefficient (Wildman–Crippen LogP) is 1.11. The number of allylic oxidation sites excluding steroid dienone is 2. The molecule has 0 radical (unpaired) electrons. The molecule has 0 atom stereocenters. The van der Waals surface area contributed by atoms with Gasteiger partial charge in [-0.05, 0) is 25.7 Å².